The molecule has 0 atom stereocenters. The summed E-state index contributed by atoms with van der Waals surface area (Å²) in [6, 6.07) is 11.7. The smallest absolute Gasteiger partial charge is 0.340 e. The van der Waals surface area contributed by atoms with Crippen LogP contribution in [0, 0.1) is 0 Å². The molecule has 2 aromatic carbocycles. The standard InChI is InChI=1S/C19H20ClNO4/c1-4-21(16-9-7-6-8-14(16)19(23)25-5-2)18(22)15-12-13(20)10-11-17(15)24-3/h6-12H,4-5H2,1-3H3. The fourth-order valence-corrected chi connectivity index (χ4v) is 2.68. The van der Waals surface area contributed by atoms with E-state index in [9.17, 15) is 9.59 Å². The van der Waals surface area contributed by atoms with E-state index in [1.54, 1.807) is 49.4 Å². The summed E-state index contributed by atoms with van der Waals surface area (Å²) in [5.74, 6) is -0.359. The molecule has 5 nitrogen and oxygen atoms in total. The van der Waals surface area contributed by atoms with Crippen molar-refractivity contribution >= 4 is 29.2 Å². The van der Waals surface area contributed by atoms with E-state index in [0.29, 0.717) is 34.1 Å². The van der Waals surface area contributed by atoms with Gasteiger partial charge in [0.1, 0.15) is 5.75 Å². The van der Waals surface area contributed by atoms with Crippen LogP contribution < -0.4 is 9.64 Å². The minimum Gasteiger partial charge on any atom is -0.496 e. The zero-order valence-electron chi connectivity index (χ0n) is 14.4. The van der Waals surface area contributed by atoms with Gasteiger partial charge in [0.2, 0.25) is 0 Å². The van der Waals surface area contributed by atoms with Crippen molar-refractivity contribution in [2.24, 2.45) is 0 Å². The second kappa shape index (κ2) is 8.53. The quantitative estimate of drug-likeness (QED) is 0.724. The van der Waals surface area contributed by atoms with E-state index < -0.39 is 5.97 Å². The van der Waals surface area contributed by atoms with E-state index in [1.807, 2.05) is 6.92 Å². The highest BCUT2D eigenvalue weighted by molar-refractivity contribution is 6.31. The van der Waals surface area contributed by atoms with Gasteiger partial charge in [0.15, 0.2) is 0 Å². The number of hydrogen-bond acceptors (Lipinski definition) is 4. The fraction of sp³-hybridized carbons (Fsp3) is 0.263. The molecule has 0 N–H and O–H groups in total. The number of anilines is 1. The lowest BCUT2D eigenvalue weighted by molar-refractivity contribution is 0.0527. The molecule has 0 saturated heterocycles. The summed E-state index contributed by atoms with van der Waals surface area (Å²) in [7, 11) is 1.49. The topological polar surface area (TPSA) is 55.8 Å². The Hall–Kier alpha value is -2.53. The van der Waals surface area contributed by atoms with Gasteiger partial charge in [0.05, 0.1) is 30.5 Å². The van der Waals surface area contributed by atoms with Crippen LogP contribution in [0.5, 0.6) is 5.75 Å². The summed E-state index contributed by atoms with van der Waals surface area (Å²) in [6.45, 7) is 4.19. The van der Waals surface area contributed by atoms with Crippen molar-refractivity contribution in [3.8, 4) is 5.75 Å². The average Bonchev–Trinajstić information content (AvgIpc) is 2.62. The fourth-order valence-electron chi connectivity index (χ4n) is 2.51. The zero-order valence-corrected chi connectivity index (χ0v) is 15.2. The van der Waals surface area contributed by atoms with Gasteiger partial charge in [0, 0.05) is 11.6 Å². The number of rotatable bonds is 6. The lowest BCUT2D eigenvalue weighted by Crippen LogP contribution is -2.32. The predicted molar refractivity (Wildman–Crippen MR) is 97.8 cm³/mol. The normalized spacial score (nSPS) is 10.2. The molecule has 0 radical (unpaired) electrons. The number of para-hydroxylation sites is 1. The van der Waals surface area contributed by atoms with E-state index in [2.05, 4.69) is 0 Å². The summed E-state index contributed by atoms with van der Waals surface area (Å²) in [5.41, 5.74) is 1.14. The number of hydrogen-bond donors (Lipinski definition) is 0. The Bertz CT molecular complexity index is 776. The van der Waals surface area contributed by atoms with Crippen LogP contribution in [0.2, 0.25) is 5.02 Å². The summed E-state index contributed by atoms with van der Waals surface area (Å²) in [5, 5.41) is 0.430. The molecular formula is C19H20ClNO4. The maximum absolute atomic E-state index is 13.1. The van der Waals surface area contributed by atoms with Gasteiger partial charge >= 0.3 is 5.97 Å². The molecular weight excluding hydrogens is 342 g/mol. The monoisotopic (exact) mass is 361 g/mol. The van der Waals surface area contributed by atoms with Gasteiger partial charge in [-0.1, -0.05) is 23.7 Å². The van der Waals surface area contributed by atoms with Gasteiger partial charge < -0.3 is 14.4 Å². The first kappa shape index (κ1) is 18.8. The van der Waals surface area contributed by atoms with E-state index in [0.717, 1.165) is 0 Å². The first-order chi connectivity index (χ1) is 12.0. The van der Waals surface area contributed by atoms with Gasteiger partial charge in [-0.3, -0.25) is 4.79 Å². The van der Waals surface area contributed by atoms with Crippen LogP contribution in [0.4, 0.5) is 5.69 Å². The first-order valence-corrected chi connectivity index (χ1v) is 8.32. The van der Waals surface area contributed by atoms with Crippen LogP contribution in [-0.2, 0) is 4.74 Å². The molecule has 2 aromatic rings. The third kappa shape index (κ3) is 4.12. The van der Waals surface area contributed by atoms with Crippen molar-refractivity contribution in [1.29, 1.82) is 0 Å². The van der Waals surface area contributed by atoms with E-state index in [1.165, 1.54) is 12.0 Å². The Morgan fingerprint density at radius 1 is 1.08 bits per heavy atom. The van der Waals surface area contributed by atoms with Gasteiger partial charge in [-0.15, -0.1) is 0 Å². The van der Waals surface area contributed by atoms with Crippen molar-refractivity contribution in [3.63, 3.8) is 0 Å². The highest BCUT2D eigenvalue weighted by Crippen LogP contribution is 2.28. The van der Waals surface area contributed by atoms with E-state index >= 15 is 0 Å². The number of ether oxygens (including phenoxy) is 2. The zero-order chi connectivity index (χ0) is 18.4. The van der Waals surface area contributed by atoms with Crippen molar-refractivity contribution in [1.82, 2.24) is 0 Å². The molecule has 132 valence electrons. The summed E-state index contributed by atoms with van der Waals surface area (Å²) in [4.78, 5) is 26.8. The molecule has 0 spiro atoms. The molecule has 0 aliphatic heterocycles. The number of carbonyl (C=O) groups is 2. The number of benzene rings is 2. The molecule has 0 aliphatic rings. The van der Waals surface area contributed by atoms with Crippen molar-refractivity contribution in [3.05, 3.63) is 58.6 Å². The maximum atomic E-state index is 13.1. The molecule has 2 rings (SSSR count). The van der Waals surface area contributed by atoms with Gasteiger partial charge in [-0.2, -0.15) is 0 Å². The Morgan fingerprint density at radius 3 is 2.44 bits per heavy atom. The molecule has 0 aromatic heterocycles. The number of amides is 1. The molecule has 0 aliphatic carbocycles. The largest absolute Gasteiger partial charge is 0.496 e. The van der Waals surface area contributed by atoms with E-state index in [-0.39, 0.29) is 12.5 Å². The number of nitrogens with zero attached hydrogens (tertiary/aromatic N) is 1. The second-order valence-corrected chi connectivity index (χ2v) is 5.57. The predicted octanol–water partition coefficient (Wildman–Crippen LogP) is 4.19. The molecule has 25 heavy (non-hydrogen) atoms. The van der Waals surface area contributed by atoms with Crippen molar-refractivity contribution in [2.45, 2.75) is 13.8 Å². The van der Waals surface area contributed by atoms with Crippen LogP contribution >= 0.6 is 11.6 Å². The first-order valence-electron chi connectivity index (χ1n) is 7.95. The third-order valence-electron chi connectivity index (χ3n) is 3.64. The molecule has 0 fully saturated rings. The van der Waals surface area contributed by atoms with Gasteiger partial charge in [-0.05, 0) is 44.2 Å². The van der Waals surface area contributed by atoms with Crippen LogP contribution in [0.15, 0.2) is 42.5 Å². The minimum atomic E-state index is -0.470. The molecule has 0 saturated carbocycles. The molecule has 0 heterocycles. The van der Waals surface area contributed by atoms with Gasteiger partial charge in [-0.25, -0.2) is 4.79 Å². The van der Waals surface area contributed by atoms with E-state index in [4.69, 9.17) is 21.1 Å². The summed E-state index contributed by atoms with van der Waals surface area (Å²) < 4.78 is 10.4. The number of carbonyl (C=O) groups excluding carboxylic acids is 2. The second-order valence-electron chi connectivity index (χ2n) is 5.13. The summed E-state index contributed by atoms with van der Waals surface area (Å²) >= 11 is 6.03. The minimum absolute atomic E-state index is 0.259. The molecule has 0 unspecified atom stereocenters. The number of esters is 1. The molecule has 0 bridgehead atoms. The van der Waals surface area contributed by atoms with Crippen LogP contribution in [-0.4, -0.2) is 32.1 Å². The van der Waals surface area contributed by atoms with Crippen molar-refractivity contribution < 1.29 is 19.1 Å². The molecule has 6 heteroatoms. The SMILES string of the molecule is CCOC(=O)c1ccccc1N(CC)C(=O)c1cc(Cl)ccc1OC. The lowest BCUT2D eigenvalue weighted by atomic mass is 10.1. The Morgan fingerprint density at radius 2 is 1.80 bits per heavy atom. The van der Waals surface area contributed by atoms with Crippen LogP contribution in [0.25, 0.3) is 0 Å². The third-order valence-corrected chi connectivity index (χ3v) is 3.88. The Kier molecular flexibility index (Phi) is 6.42. The highest BCUT2D eigenvalue weighted by atomic mass is 35.5. The number of halogens is 1. The average molecular weight is 362 g/mol. The summed E-state index contributed by atoms with van der Waals surface area (Å²) in [6.07, 6.45) is 0. The van der Waals surface area contributed by atoms with Gasteiger partial charge in [0.25, 0.3) is 5.91 Å². The maximum Gasteiger partial charge on any atom is 0.340 e. The Balaban J connectivity index is 2.49. The highest BCUT2D eigenvalue weighted by Gasteiger charge is 2.24. The number of methoxy groups -OCH3 is 1. The van der Waals surface area contributed by atoms with Crippen LogP contribution in [0.1, 0.15) is 34.6 Å². The van der Waals surface area contributed by atoms with Crippen LogP contribution in [0.3, 0.4) is 0 Å². The molecule has 1 amide bonds. The van der Waals surface area contributed by atoms with Crippen molar-refractivity contribution in [2.75, 3.05) is 25.2 Å². The lowest BCUT2D eigenvalue weighted by Gasteiger charge is -2.24. The Labute approximate surface area is 152 Å².